The first kappa shape index (κ1) is 29.2. The van der Waals surface area contributed by atoms with Crippen LogP contribution in [-0.4, -0.2) is 92.4 Å². The van der Waals surface area contributed by atoms with Gasteiger partial charge in [0.15, 0.2) is 0 Å². The number of carbonyl (C=O) groups is 2. The van der Waals surface area contributed by atoms with Crippen LogP contribution in [0.4, 0.5) is 4.79 Å². The number of piperidine rings is 1. The van der Waals surface area contributed by atoms with Gasteiger partial charge >= 0.3 is 6.09 Å². The number of hydrogen-bond acceptors (Lipinski definition) is 7. The van der Waals surface area contributed by atoms with E-state index in [2.05, 4.69) is 16.7 Å². The Morgan fingerprint density at radius 1 is 1.22 bits per heavy atom. The zero-order chi connectivity index (χ0) is 26.9. The number of carbonyl (C=O) groups excluding carboxylic acids is 2. The first-order valence-corrected chi connectivity index (χ1v) is 13.9. The maximum atomic E-state index is 14.0. The predicted octanol–water partition coefficient (Wildman–Crippen LogP) is 2.89. The number of rotatable bonds is 6. The van der Waals surface area contributed by atoms with Crippen molar-refractivity contribution in [2.45, 2.75) is 83.7 Å². The smallest absolute Gasteiger partial charge is 0.413 e. The van der Waals surface area contributed by atoms with Crippen molar-refractivity contribution in [3.63, 3.8) is 0 Å². The largest absolute Gasteiger partial charge is 0.449 e. The summed E-state index contributed by atoms with van der Waals surface area (Å²) < 4.78 is 11.0. The molecule has 0 aromatic rings. The second-order valence-electron chi connectivity index (χ2n) is 11.9. The van der Waals surface area contributed by atoms with Crippen LogP contribution < -0.4 is 10.6 Å². The molecule has 0 radical (unpaired) electrons. The van der Waals surface area contributed by atoms with Crippen molar-refractivity contribution in [3.8, 4) is 6.07 Å². The van der Waals surface area contributed by atoms with Crippen LogP contribution in [0.1, 0.15) is 72.1 Å². The van der Waals surface area contributed by atoms with E-state index in [0.717, 1.165) is 25.7 Å². The minimum Gasteiger partial charge on any atom is -0.449 e. The third kappa shape index (κ3) is 8.57. The van der Waals surface area contributed by atoms with E-state index in [1.54, 1.807) is 11.9 Å². The second kappa shape index (κ2) is 13.4. The molecule has 1 atom stereocenters. The lowest BCUT2D eigenvalue weighted by Gasteiger charge is -2.41. The number of likely N-dealkylation sites (N-methyl/N-ethyl adjacent to an activating group) is 1. The monoisotopic (exact) mass is 518 g/mol. The highest BCUT2D eigenvalue weighted by atomic mass is 16.5. The fourth-order valence-corrected chi connectivity index (χ4v) is 5.27. The average Bonchev–Trinajstić information content (AvgIpc) is 2.91. The first-order chi connectivity index (χ1) is 17.6. The number of amides is 2. The Kier molecular flexibility index (Phi) is 10.6. The molecule has 1 unspecified atom stereocenters. The standard InChI is InChI=1S/C27H46N6O4/c1-26(2,3)20-37-25(35)31-24(33-14-16-36-17-15-33)30-22(18-21-8-6-5-7-9-21)23(34)32(4)27(19-28)10-12-29-13-11-27/h21-22,29H,5-18,20H2,1-4H3,(H,30,31,35). The number of aliphatic imine (C=N–C) groups is 1. The number of hydrogen-bond donors (Lipinski definition) is 2. The lowest BCUT2D eigenvalue weighted by Crippen LogP contribution is -2.57. The fourth-order valence-electron chi connectivity index (χ4n) is 5.27. The van der Waals surface area contributed by atoms with E-state index < -0.39 is 17.7 Å². The quantitative estimate of drug-likeness (QED) is 0.410. The zero-order valence-electron chi connectivity index (χ0n) is 23.2. The van der Waals surface area contributed by atoms with E-state index in [-0.39, 0.29) is 17.9 Å². The molecule has 3 fully saturated rings. The SMILES string of the molecule is CN(C(=O)C(CC1CCCCC1)N=C(NC(=O)OCC(C)(C)C)N1CCOCC1)C1(C#N)CCNCC1. The molecule has 1 saturated carbocycles. The number of nitrogens with one attached hydrogen (secondary N) is 2. The predicted molar refractivity (Wildman–Crippen MR) is 142 cm³/mol. The molecule has 2 saturated heterocycles. The van der Waals surface area contributed by atoms with Crippen molar-refractivity contribution in [3.05, 3.63) is 0 Å². The molecule has 1 aliphatic carbocycles. The van der Waals surface area contributed by atoms with E-state index in [9.17, 15) is 14.9 Å². The lowest BCUT2D eigenvalue weighted by molar-refractivity contribution is -0.136. The Morgan fingerprint density at radius 3 is 2.46 bits per heavy atom. The summed E-state index contributed by atoms with van der Waals surface area (Å²) in [7, 11) is 1.74. The van der Waals surface area contributed by atoms with Crippen molar-refractivity contribution in [2.75, 3.05) is 53.0 Å². The molecule has 208 valence electrons. The molecular formula is C27H46N6O4. The summed E-state index contributed by atoms with van der Waals surface area (Å²) in [5, 5.41) is 16.2. The van der Waals surface area contributed by atoms with Gasteiger partial charge < -0.3 is 24.6 Å². The van der Waals surface area contributed by atoms with Crippen LogP contribution in [0, 0.1) is 22.7 Å². The van der Waals surface area contributed by atoms with E-state index in [1.165, 1.54) is 6.42 Å². The summed E-state index contributed by atoms with van der Waals surface area (Å²) in [6.07, 6.45) is 6.88. The zero-order valence-corrected chi connectivity index (χ0v) is 23.2. The van der Waals surface area contributed by atoms with Gasteiger partial charge in [-0.05, 0) is 43.7 Å². The summed E-state index contributed by atoms with van der Waals surface area (Å²) in [6, 6.07) is 1.75. The van der Waals surface area contributed by atoms with Crippen LogP contribution in [0.2, 0.25) is 0 Å². The van der Waals surface area contributed by atoms with E-state index in [1.807, 2.05) is 25.7 Å². The summed E-state index contributed by atoms with van der Waals surface area (Å²) in [5.74, 6) is 0.579. The molecule has 37 heavy (non-hydrogen) atoms. The van der Waals surface area contributed by atoms with Gasteiger partial charge in [0, 0.05) is 20.1 Å². The van der Waals surface area contributed by atoms with Gasteiger partial charge in [0.05, 0.1) is 25.9 Å². The van der Waals surface area contributed by atoms with E-state index in [4.69, 9.17) is 14.5 Å². The van der Waals surface area contributed by atoms with Gasteiger partial charge in [0.1, 0.15) is 11.6 Å². The van der Waals surface area contributed by atoms with Gasteiger partial charge in [0.2, 0.25) is 11.9 Å². The molecular weight excluding hydrogens is 472 g/mol. The molecule has 10 heteroatoms. The number of nitrogens with zero attached hydrogens (tertiary/aromatic N) is 4. The normalized spacial score (nSPS) is 22.0. The minimum absolute atomic E-state index is 0.162. The molecule has 3 rings (SSSR count). The van der Waals surface area contributed by atoms with Crippen molar-refractivity contribution in [1.29, 1.82) is 5.26 Å². The minimum atomic E-state index is -0.846. The van der Waals surface area contributed by atoms with Gasteiger partial charge in [-0.15, -0.1) is 0 Å². The number of morpholine rings is 1. The highest BCUT2D eigenvalue weighted by Gasteiger charge is 2.41. The fraction of sp³-hybridized carbons (Fsp3) is 0.852. The van der Waals surface area contributed by atoms with Crippen LogP contribution in [-0.2, 0) is 14.3 Å². The van der Waals surface area contributed by atoms with E-state index >= 15 is 0 Å². The van der Waals surface area contributed by atoms with Crippen molar-refractivity contribution < 1.29 is 19.1 Å². The van der Waals surface area contributed by atoms with Gasteiger partial charge in [-0.25, -0.2) is 9.79 Å². The van der Waals surface area contributed by atoms with Crippen LogP contribution >= 0.6 is 0 Å². The van der Waals surface area contributed by atoms with Gasteiger partial charge in [-0.2, -0.15) is 5.26 Å². The van der Waals surface area contributed by atoms with Crippen LogP contribution in [0.25, 0.3) is 0 Å². The maximum Gasteiger partial charge on any atom is 0.413 e. The number of nitriles is 1. The summed E-state index contributed by atoms with van der Waals surface area (Å²) >= 11 is 0. The highest BCUT2D eigenvalue weighted by Crippen LogP contribution is 2.31. The lowest BCUT2D eigenvalue weighted by atomic mass is 9.83. The molecule has 2 amide bonds. The van der Waals surface area contributed by atoms with Gasteiger partial charge in [-0.3, -0.25) is 10.1 Å². The number of ether oxygens (including phenoxy) is 2. The Morgan fingerprint density at radius 2 is 1.86 bits per heavy atom. The molecule has 2 heterocycles. The molecule has 10 nitrogen and oxygen atoms in total. The van der Waals surface area contributed by atoms with Crippen LogP contribution in [0.3, 0.4) is 0 Å². The molecule has 0 spiro atoms. The number of alkyl carbamates (subject to hydrolysis) is 1. The van der Waals surface area contributed by atoms with Gasteiger partial charge in [0.25, 0.3) is 0 Å². The Balaban J connectivity index is 1.88. The third-order valence-corrected chi connectivity index (χ3v) is 7.62. The Bertz CT molecular complexity index is 831. The molecule has 3 aliphatic rings. The summed E-state index contributed by atoms with van der Waals surface area (Å²) in [6.45, 7) is 9.81. The first-order valence-electron chi connectivity index (χ1n) is 13.9. The molecule has 0 aromatic heterocycles. The van der Waals surface area contributed by atoms with Crippen molar-refractivity contribution >= 4 is 18.0 Å². The number of guanidine groups is 1. The Labute approximate surface area is 222 Å². The summed E-state index contributed by atoms with van der Waals surface area (Å²) in [5.41, 5.74) is -1.02. The van der Waals surface area contributed by atoms with Crippen molar-refractivity contribution in [2.24, 2.45) is 16.3 Å². The van der Waals surface area contributed by atoms with Gasteiger partial charge in [-0.1, -0.05) is 52.9 Å². The third-order valence-electron chi connectivity index (χ3n) is 7.62. The molecule has 0 bridgehead atoms. The molecule has 0 aromatic carbocycles. The summed E-state index contributed by atoms with van der Waals surface area (Å²) in [4.78, 5) is 35.2. The highest BCUT2D eigenvalue weighted by molar-refractivity contribution is 5.96. The second-order valence-corrected chi connectivity index (χ2v) is 11.9. The average molecular weight is 519 g/mol. The molecule has 2 N–H and O–H groups in total. The molecule has 2 aliphatic heterocycles. The topological polar surface area (TPSA) is 119 Å². The van der Waals surface area contributed by atoms with Crippen LogP contribution in [0.5, 0.6) is 0 Å². The Hall–Kier alpha value is -2.38. The van der Waals surface area contributed by atoms with Crippen LogP contribution in [0.15, 0.2) is 4.99 Å². The van der Waals surface area contributed by atoms with Crippen molar-refractivity contribution in [1.82, 2.24) is 20.4 Å². The maximum absolute atomic E-state index is 14.0. The van der Waals surface area contributed by atoms with E-state index in [0.29, 0.717) is 70.5 Å².